The number of hydrogen-bond acceptors (Lipinski definition) is 3. The second kappa shape index (κ2) is 5.44. The molecule has 0 amide bonds. The van der Waals surface area contributed by atoms with Gasteiger partial charge in [-0.05, 0) is 6.92 Å². The largest absolute Gasteiger partial charge is 0.409 e. The molecule has 0 aromatic rings. The highest BCUT2D eigenvalue weighted by Gasteiger charge is 2.07. The zero-order valence-electron chi connectivity index (χ0n) is 7.41. The minimum Gasteiger partial charge on any atom is -0.409 e. The Bertz CT molecular complexity index is 195. The van der Waals surface area contributed by atoms with Crippen LogP contribution in [0.2, 0.25) is 0 Å². The van der Waals surface area contributed by atoms with Crippen molar-refractivity contribution in [2.45, 2.75) is 19.9 Å². The first-order chi connectivity index (χ1) is 5.61. The Morgan fingerprint density at radius 2 is 2.33 bits per heavy atom. The fourth-order valence-electron chi connectivity index (χ4n) is 0.616. The molecule has 0 spiro atoms. The summed E-state index contributed by atoms with van der Waals surface area (Å²) < 4.78 is 0. The predicted octanol–water partition coefficient (Wildman–Crippen LogP) is -0.0198. The van der Waals surface area contributed by atoms with Crippen molar-refractivity contribution in [2.75, 3.05) is 6.54 Å². The lowest BCUT2D eigenvalue weighted by molar-refractivity contribution is 0.314. The first kappa shape index (κ1) is 10.8. The highest BCUT2D eigenvalue weighted by Crippen LogP contribution is 1.92. The molecule has 0 aliphatic heterocycles. The molecule has 2 unspecified atom stereocenters. The lowest BCUT2D eigenvalue weighted by atomic mass is 10.1. The molecule has 4 nitrogen and oxygen atoms in total. The monoisotopic (exact) mass is 169 g/mol. The summed E-state index contributed by atoms with van der Waals surface area (Å²) in [5.41, 5.74) is 5.35. The normalized spacial score (nSPS) is 16.6. The molecule has 0 fully saturated rings. The van der Waals surface area contributed by atoms with Crippen LogP contribution in [-0.2, 0) is 0 Å². The van der Waals surface area contributed by atoms with Crippen LogP contribution in [0.25, 0.3) is 0 Å². The van der Waals surface area contributed by atoms with Crippen LogP contribution in [0.15, 0.2) is 5.16 Å². The van der Waals surface area contributed by atoms with Crippen molar-refractivity contribution in [3.8, 4) is 12.3 Å². The Morgan fingerprint density at radius 3 is 2.75 bits per heavy atom. The fourth-order valence-corrected chi connectivity index (χ4v) is 0.616. The van der Waals surface area contributed by atoms with E-state index in [1.807, 2.05) is 13.8 Å². The second-order valence-corrected chi connectivity index (χ2v) is 2.72. The SMILES string of the molecule is C#CC(C)NCC(C)C(N)=NO. The van der Waals surface area contributed by atoms with Gasteiger partial charge in [-0.25, -0.2) is 0 Å². The molecule has 4 heteroatoms. The maximum absolute atomic E-state index is 8.32. The number of terminal acetylenes is 1. The van der Waals surface area contributed by atoms with Crippen molar-refractivity contribution in [1.82, 2.24) is 5.32 Å². The van der Waals surface area contributed by atoms with E-state index in [1.165, 1.54) is 0 Å². The van der Waals surface area contributed by atoms with E-state index >= 15 is 0 Å². The van der Waals surface area contributed by atoms with Crippen LogP contribution in [-0.4, -0.2) is 23.6 Å². The number of nitrogens with two attached hydrogens (primary N) is 1. The quantitative estimate of drug-likeness (QED) is 0.182. The molecule has 0 radical (unpaired) electrons. The molecule has 0 rings (SSSR count). The van der Waals surface area contributed by atoms with E-state index in [0.29, 0.717) is 6.54 Å². The van der Waals surface area contributed by atoms with Crippen LogP contribution >= 0.6 is 0 Å². The Balaban J connectivity index is 3.73. The van der Waals surface area contributed by atoms with Gasteiger partial charge in [-0.15, -0.1) is 6.42 Å². The Labute approximate surface area is 72.8 Å². The van der Waals surface area contributed by atoms with Gasteiger partial charge in [-0.3, -0.25) is 0 Å². The summed E-state index contributed by atoms with van der Waals surface area (Å²) >= 11 is 0. The topological polar surface area (TPSA) is 70.6 Å². The summed E-state index contributed by atoms with van der Waals surface area (Å²) in [4.78, 5) is 0. The van der Waals surface area contributed by atoms with Crippen molar-refractivity contribution in [3.63, 3.8) is 0 Å². The molecule has 0 aliphatic carbocycles. The molecule has 0 saturated carbocycles. The summed E-state index contributed by atoms with van der Waals surface area (Å²) in [6.45, 7) is 4.34. The lowest BCUT2D eigenvalue weighted by Gasteiger charge is -2.12. The van der Waals surface area contributed by atoms with E-state index < -0.39 is 0 Å². The van der Waals surface area contributed by atoms with E-state index in [9.17, 15) is 0 Å². The van der Waals surface area contributed by atoms with Gasteiger partial charge in [0.05, 0.1) is 6.04 Å². The van der Waals surface area contributed by atoms with E-state index in [4.69, 9.17) is 17.4 Å². The molecule has 0 saturated heterocycles. The molecule has 2 atom stereocenters. The first-order valence-electron chi connectivity index (χ1n) is 3.78. The molecule has 68 valence electrons. The van der Waals surface area contributed by atoms with Crippen molar-refractivity contribution in [3.05, 3.63) is 0 Å². The maximum Gasteiger partial charge on any atom is 0.143 e. The number of hydrogen-bond donors (Lipinski definition) is 3. The van der Waals surface area contributed by atoms with E-state index in [0.717, 1.165) is 0 Å². The Hall–Kier alpha value is -1.21. The average molecular weight is 169 g/mol. The van der Waals surface area contributed by atoms with E-state index in [-0.39, 0.29) is 17.8 Å². The highest BCUT2D eigenvalue weighted by molar-refractivity contribution is 5.82. The van der Waals surface area contributed by atoms with Crippen molar-refractivity contribution >= 4 is 5.84 Å². The number of oxime groups is 1. The van der Waals surface area contributed by atoms with Crippen molar-refractivity contribution in [1.29, 1.82) is 0 Å². The van der Waals surface area contributed by atoms with Gasteiger partial charge in [0.1, 0.15) is 5.84 Å². The third kappa shape index (κ3) is 3.84. The summed E-state index contributed by atoms with van der Waals surface area (Å²) in [5.74, 6) is 2.73. The van der Waals surface area contributed by atoms with Gasteiger partial charge in [0.2, 0.25) is 0 Å². The minimum absolute atomic E-state index is 0.00852. The molecule has 0 bridgehead atoms. The van der Waals surface area contributed by atoms with Crippen LogP contribution < -0.4 is 11.1 Å². The summed E-state index contributed by atoms with van der Waals surface area (Å²) in [5, 5.41) is 14.3. The third-order valence-electron chi connectivity index (χ3n) is 1.60. The van der Waals surface area contributed by atoms with Gasteiger partial charge in [-0.2, -0.15) is 0 Å². The van der Waals surface area contributed by atoms with Crippen LogP contribution in [0, 0.1) is 18.3 Å². The average Bonchev–Trinajstić information content (AvgIpc) is 2.11. The van der Waals surface area contributed by atoms with Crippen LogP contribution in [0.4, 0.5) is 0 Å². The maximum atomic E-state index is 8.32. The number of nitrogens with one attached hydrogen (secondary N) is 1. The summed E-state index contributed by atoms with van der Waals surface area (Å²) in [7, 11) is 0. The van der Waals surface area contributed by atoms with E-state index in [2.05, 4.69) is 16.4 Å². The van der Waals surface area contributed by atoms with Gasteiger partial charge in [0, 0.05) is 12.5 Å². The number of rotatable bonds is 4. The van der Waals surface area contributed by atoms with Gasteiger partial charge >= 0.3 is 0 Å². The summed E-state index contributed by atoms with van der Waals surface area (Å²) in [6, 6.07) is 0.0129. The minimum atomic E-state index is -0.00852. The standard InChI is InChI=1S/C8H15N3O/c1-4-7(3)10-5-6(2)8(9)11-12/h1,6-7,10,12H,5H2,2-3H3,(H2,9,11). The molecule has 4 N–H and O–H groups in total. The first-order valence-corrected chi connectivity index (χ1v) is 3.78. The fraction of sp³-hybridized carbons (Fsp3) is 0.625. The molecular weight excluding hydrogens is 154 g/mol. The van der Waals surface area contributed by atoms with Gasteiger partial charge in [0.15, 0.2) is 0 Å². The van der Waals surface area contributed by atoms with Crippen molar-refractivity contribution < 1.29 is 5.21 Å². The predicted molar refractivity (Wildman–Crippen MR) is 48.9 cm³/mol. The summed E-state index contributed by atoms with van der Waals surface area (Å²) in [6.07, 6.45) is 5.14. The number of amidine groups is 1. The molecule has 0 aromatic heterocycles. The van der Waals surface area contributed by atoms with Gasteiger partial charge in [0.25, 0.3) is 0 Å². The molecular formula is C8H15N3O. The Kier molecular flexibility index (Phi) is 4.89. The second-order valence-electron chi connectivity index (χ2n) is 2.72. The van der Waals surface area contributed by atoms with Gasteiger partial charge in [-0.1, -0.05) is 18.0 Å². The number of nitrogens with zero attached hydrogens (tertiary/aromatic N) is 1. The zero-order chi connectivity index (χ0) is 9.56. The third-order valence-corrected chi connectivity index (χ3v) is 1.60. The zero-order valence-corrected chi connectivity index (χ0v) is 7.41. The van der Waals surface area contributed by atoms with Crippen LogP contribution in [0.3, 0.4) is 0 Å². The molecule has 12 heavy (non-hydrogen) atoms. The van der Waals surface area contributed by atoms with E-state index in [1.54, 1.807) is 0 Å². The van der Waals surface area contributed by atoms with Crippen molar-refractivity contribution in [2.24, 2.45) is 16.8 Å². The van der Waals surface area contributed by atoms with Crippen LogP contribution in [0.5, 0.6) is 0 Å². The lowest BCUT2D eigenvalue weighted by Crippen LogP contribution is -2.35. The molecule has 0 aromatic carbocycles. The smallest absolute Gasteiger partial charge is 0.143 e. The molecule has 0 aliphatic rings. The van der Waals surface area contributed by atoms with Gasteiger partial charge < -0.3 is 16.3 Å². The highest BCUT2D eigenvalue weighted by atomic mass is 16.4. The molecule has 0 heterocycles. The Morgan fingerprint density at radius 1 is 1.75 bits per heavy atom. The van der Waals surface area contributed by atoms with Crippen LogP contribution in [0.1, 0.15) is 13.8 Å².